The van der Waals surface area contributed by atoms with E-state index in [0.717, 1.165) is 51.0 Å². The fourth-order valence-electron chi connectivity index (χ4n) is 8.91. The lowest BCUT2D eigenvalue weighted by molar-refractivity contribution is -0.145. The van der Waals surface area contributed by atoms with E-state index in [1.54, 1.807) is 0 Å². The van der Waals surface area contributed by atoms with Crippen molar-refractivity contribution >= 4 is 11.9 Å². The maximum atomic E-state index is 13.3. The highest BCUT2D eigenvalue weighted by Crippen LogP contribution is 2.25. The fourth-order valence-corrected chi connectivity index (χ4v) is 8.91. The average Bonchev–Trinajstić information content (AvgIpc) is 3.25. The van der Waals surface area contributed by atoms with E-state index in [-0.39, 0.29) is 18.5 Å². The zero-order valence-electron chi connectivity index (χ0n) is 41.2. The summed E-state index contributed by atoms with van der Waals surface area (Å²) < 4.78 is 11.4. The Morgan fingerprint density at radius 2 is 0.783 bits per heavy atom. The number of aliphatic hydroxyl groups excluding tert-OH is 1. The number of hydrogen-bond donors (Lipinski definition) is 1. The van der Waals surface area contributed by atoms with Gasteiger partial charge in [-0.1, -0.05) is 240 Å². The molecule has 0 aliphatic heterocycles. The smallest absolute Gasteiger partial charge is 0.305 e. The Morgan fingerprint density at radius 3 is 1.22 bits per heavy atom. The first-order chi connectivity index (χ1) is 29.5. The quantitative estimate of drug-likeness (QED) is 0.0487. The molecule has 0 atom stereocenters. The highest BCUT2D eigenvalue weighted by molar-refractivity contribution is 5.76. The van der Waals surface area contributed by atoms with Crippen molar-refractivity contribution < 1.29 is 24.2 Å². The Kier molecular flexibility index (Phi) is 48.0. The molecule has 0 aromatic rings. The van der Waals surface area contributed by atoms with Gasteiger partial charge in [0.2, 0.25) is 5.91 Å². The standard InChI is InChI=1S/C54H107NO5/c1-5-9-13-17-22-30-38-51(39-31-23-18-14-10-6-2)40-32-26-21-27-35-43-53(57)55(46-48-59-49-47-56)45-37-29-28-36-44-54(58)60-50-52(41-33-24-19-15-11-7-3)42-34-25-20-16-12-8-4/h51-52,56H,5-50H2,1-4H3. The third kappa shape index (κ3) is 42.2. The van der Waals surface area contributed by atoms with E-state index in [0.29, 0.717) is 45.1 Å². The molecule has 0 fully saturated rings. The normalized spacial score (nSPS) is 11.7. The number of nitrogens with zero attached hydrogens (tertiary/aromatic N) is 1. The maximum absolute atomic E-state index is 13.3. The molecule has 0 saturated carbocycles. The Bertz CT molecular complexity index is 835. The lowest BCUT2D eigenvalue weighted by Crippen LogP contribution is -2.35. The summed E-state index contributed by atoms with van der Waals surface area (Å²) in [6, 6.07) is 0. The first-order valence-corrected chi connectivity index (χ1v) is 27.1. The first-order valence-electron chi connectivity index (χ1n) is 27.1. The topological polar surface area (TPSA) is 76.1 Å². The number of carbonyl (C=O) groups excluding carboxylic acids is 2. The number of aliphatic hydroxyl groups is 1. The molecule has 0 aliphatic carbocycles. The largest absolute Gasteiger partial charge is 0.465 e. The van der Waals surface area contributed by atoms with Crippen molar-refractivity contribution in [3.05, 3.63) is 0 Å². The van der Waals surface area contributed by atoms with Gasteiger partial charge in [0.15, 0.2) is 0 Å². The van der Waals surface area contributed by atoms with Crippen molar-refractivity contribution in [3.8, 4) is 0 Å². The maximum Gasteiger partial charge on any atom is 0.305 e. The summed E-state index contributed by atoms with van der Waals surface area (Å²) in [5, 5.41) is 9.14. The second-order valence-electron chi connectivity index (χ2n) is 18.8. The number of ether oxygens (including phenoxy) is 2. The highest BCUT2D eigenvalue weighted by Gasteiger charge is 2.15. The molecule has 0 aliphatic rings. The number of carbonyl (C=O) groups is 2. The third-order valence-electron chi connectivity index (χ3n) is 13.0. The Morgan fingerprint density at radius 1 is 0.417 bits per heavy atom. The van der Waals surface area contributed by atoms with Gasteiger partial charge in [0, 0.05) is 25.9 Å². The Hall–Kier alpha value is -1.14. The number of hydrogen-bond acceptors (Lipinski definition) is 5. The zero-order valence-corrected chi connectivity index (χ0v) is 41.2. The summed E-state index contributed by atoms with van der Waals surface area (Å²) >= 11 is 0. The summed E-state index contributed by atoms with van der Waals surface area (Å²) in [7, 11) is 0. The van der Waals surface area contributed by atoms with Gasteiger partial charge in [0.25, 0.3) is 0 Å². The van der Waals surface area contributed by atoms with Crippen LogP contribution in [0.4, 0.5) is 0 Å². The second-order valence-corrected chi connectivity index (χ2v) is 18.8. The molecule has 0 unspecified atom stereocenters. The molecular formula is C54H107NO5. The first kappa shape index (κ1) is 58.9. The van der Waals surface area contributed by atoms with Crippen LogP contribution in [0.15, 0.2) is 0 Å². The Balaban J connectivity index is 4.50. The van der Waals surface area contributed by atoms with Gasteiger partial charge in [-0.25, -0.2) is 0 Å². The minimum atomic E-state index is -0.0371. The summed E-state index contributed by atoms with van der Waals surface area (Å²) in [5.41, 5.74) is 0. The predicted molar refractivity (Wildman–Crippen MR) is 260 cm³/mol. The molecule has 0 radical (unpaired) electrons. The van der Waals surface area contributed by atoms with Crippen molar-refractivity contribution in [2.75, 3.05) is 39.5 Å². The van der Waals surface area contributed by atoms with E-state index in [2.05, 4.69) is 27.7 Å². The summed E-state index contributed by atoms with van der Waals surface area (Å²) in [6.07, 6.45) is 50.0. The summed E-state index contributed by atoms with van der Waals surface area (Å²) in [5.74, 6) is 1.62. The van der Waals surface area contributed by atoms with Gasteiger partial charge in [-0.2, -0.15) is 0 Å². The molecule has 0 saturated heterocycles. The zero-order chi connectivity index (χ0) is 43.8. The van der Waals surface area contributed by atoms with E-state index < -0.39 is 0 Å². The van der Waals surface area contributed by atoms with Gasteiger partial charge < -0.3 is 19.5 Å². The van der Waals surface area contributed by atoms with Gasteiger partial charge >= 0.3 is 5.97 Å². The monoisotopic (exact) mass is 850 g/mol. The minimum Gasteiger partial charge on any atom is -0.465 e. The number of rotatable bonds is 50. The van der Waals surface area contributed by atoms with Crippen LogP contribution in [0.5, 0.6) is 0 Å². The van der Waals surface area contributed by atoms with Crippen LogP contribution in [0.25, 0.3) is 0 Å². The van der Waals surface area contributed by atoms with Gasteiger partial charge in [-0.05, 0) is 43.9 Å². The van der Waals surface area contributed by atoms with E-state index >= 15 is 0 Å². The van der Waals surface area contributed by atoms with Crippen molar-refractivity contribution in [1.82, 2.24) is 4.90 Å². The third-order valence-corrected chi connectivity index (χ3v) is 13.0. The van der Waals surface area contributed by atoms with E-state index in [1.807, 2.05) is 4.90 Å². The average molecular weight is 850 g/mol. The van der Waals surface area contributed by atoms with Crippen molar-refractivity contribution in [2.24, 2.45) is 11.8 Å². The molecule has 0 aromatic heterocycles. The summed E-state index contributed by atoms with van der Waals surface area (Å²) in [6.45, 7) is 11.9. The fraction of sp³-hybridized carbons (Fsp3) is 0.963. The molecule has 0 spiro atoms. The summed E-state index contributed by atoms with van der Waals surface area (Å²) in [4.78, 5) is 28.0. The molecule has 0 aromatic carbocycles. The van der Waals surface area contributed by atoms with Gasteiger partial charge in [-0.15, -0.1) is 0 Å². The molecule has 358 valence electrons. The van der Waals surface area contributed by atoms with Gasteiger partial charge in [0.05, 0.1) is 26.4 Å². The number of amides is 1. The van der Waals surface area contributed by atoms with Crippen molar-refractivity contribution in [2.45, 2.75) is 285 Å². The SMILES string of the molecule is CCCCCCCCC(CCCCCCCC)CCCCCCCC(=O)N(CCCCCCC(=O)OCC(CCCCCCCC)CCCCCCCC)CCOCCO. The Labute approximate surface area is 375 Å². The molecule has 6 nitrogen and oxygen atoms in total. The number of esters is 1. The molecule has 60 heavy (non-hydrogen) atoms. The van der Waals surface area contributed by atoms with Crippen LogP contribution < -0.4 is 0 Å². The van der Waals surface area contributed by atoms with E-state index in [4.69, 9.17) is 14.6 Å². The lowest BCUT2D eigenvalue weighted by atomic mass is 9.89. The highest BCUT2D eigenvalue weighted by atomic mass is 16.5. The molecule has 0 rings (SSSR count). The predicted octanol–water partition coefficient (Wildman–Crippen LogP) is 16.3. The molecular weight excluding hydrogens is 743 g/mol. The van der Waals surface area contributed by atoms with Crippen LogP contribution in [0.2, 0.25) is 0 Å². The van der Waals surface area contributed by atoms with Crippen LogP contribution in [-0.4, -0.2) is 61.4 Å². The van der Waals surface area contributed by atoms with E-state index in [1.165, 1.54) is 205 Å². The van der Waals surface area contributed by atoms with Crippen LogP contribution in [0, 0.1) is 11.8 Å². The van der Waals surface area contributed by atoms with Gasteiger partial charge in [-0.3, -0.25) is 9.59 Å². The molecule has 1 amide bonds. The molecule has 1 N–H and O–H groups in total. The van der Waals surface area contributed by atoms with Crippen LogP contribution in [-0.2, 0) is 19.1 Å². The van der Waals surface area contributed by atoms with Crippen LogP contribution in [0.1, 0.15) is 285 Å². The molecule has 0 heterocycles. The van der Waals surface area contributed by atoms with Crippen molar-refractivity contribution in [1.29, 1.82) is 0 Å². The molecule has 6 heteroatoms. The second kappa shape index (κ2) is 48.9. The van der Waals surface area contributed by atoms with Gasteiger partial charge in [0.1, 0.15) is 0 Å². The molecule has 0 bridgehead atoms. The van der Waals surface area contributed by atoms with Crippen LogP contribution in [0.3, 0.4) is 0 Å². The van der Waals surface area contributed by atoms with Crippen molar-refractivity contribution in [3.63, 3.8) is 0 Å². The van der Waals surface area contributed by atoms with Crippen LogP contribution >= 0.6 is 0 Å². The van der Waals surface area contributed by atoms with E-state index in [9.17, 15) is 9.59 Å². The lowest BCUT2D eigenvalue weighted by Gasteiger charge is -2.23. The minimum absolute atomic E-state index is 0.00806. The number of unbranched alkanes of at least 4 members (excludes halogenated alkanes) is 27.